The molecule has 28 heavy (non-hydrogen) atoms. The Kier molecular flexibility index (Phi) is 5.70. The summed E-state index contributed by atoms with van der Waals surface area (Å²) in [5, 5.41) is 0.525. The predicted octanol–water partition coefficient (Wildman–Crippen LogP) is 2.63. The summed E-state index contributed by atoms with van der Waals surface area (Å²) in [6.45, 7) is 4.11. The quantitative estimate of drug-likeness (QED) is 0.755. The van der Waals surface area contributed by atoms with Crippen LogP contribution >= 0.6 is 11.6 Å². The third-order valence-electron chi connectivity index (χ3n) is 5.33. The monoisotopic (exact) mass is 421 g/mol. The van der Waals surface area contributed by atoms with Crippen LogP contribution in [0.1, 0.15) is 19.3 Å². The summed E-state index contributed by atoms with van der Waals surface area (Å²) in [5.41, 5.74) is 0. The second-order valence-corrected chi connectivity index (χ2v) is 9.50. The minimum absolute atomic E-state index is 0.278. The Morgan fingerprint density at radius 3 is 1.96 bits per heavy atom. The molecular weight excluding hydrogens is 398 g/mol. The van der Waals surface area contributed by atoms with Crippen molar-refractivity contribution in [1.82, 2.24) is 14.3 Å². The van der Waals surface area contributed by atoms with Crippen LogP contribution in [0.5, 0.6) is 0 Å². The molecule has 3 heterocycles. The Labute approximate surface area is 171 Å². The third kappa shape index (κ3) is 4.09. The maximum atomic E-state index is 12.8. The summed E-state index contributed by atoms with van der Waals surface area (Å²) >= 11 is 5.87. The summed E-state index contributed by atoms with van der Waals surface area (Å²) in [6, 6.07) is 8.34. The first kappa shape index (κ1) is 19.4. The Balaban J connectivity index is 1.43. The Morgan fingerprint density at radius 1 is 0.786 bits per heavy atom. The van der Waals surface area contributed by atoms with Gasteiger partial charge in [-0.15, -0.1) is 0 Å². The van der Waals surface area contributed by atoms with Crippen LogP contribution in [0.25, 0.3) is 0 Å². The summed E-state index contributed by atoms with van der Waals surface area (Å²) in [7, 11) is -3.50. The van der Waals surface area contributed by atoms with Crippen molar-refractivity contribution in [2.75, 3.05) is 49.1 Å². The van der Waals surface area contributed by atoms with Gasteiger partial charge in [0, 0.05) is 50.4 Å². The highest BCUT2D eigenvalue weighted by molar-refractivity contribution is 7.89. The van der Waals surface area contributed by atoms with E-state index in [1.54, 1.807) is 30.6 Å². The second-order valence-electron chi connectivity index (χ2n) is 7.13. The lowest BCUT2D eigenvalue weighted by atomic mass is 10.1. The zero-order valence-corrected chi connectivity index (χ0v) is 17.2. The van der Waals surface area contributed by atoms with Gasteiger partial charge in [0.1, 0.15) is 18.0 Å². The largest absolute Gasteiger partial charge is 0.356 e. The highest BCUT2D eigenvalue weighted by Gasteiger charge is 2.29. The molecule has 0 radical (unpaired) electrons. The van der Waals surface area contributed by atoms with Crippen molar-refractivity contribution >= 4 is 33.3 Å². The molecule has 0 N–H and O–H groups in total. The van der Waals surface area contributed by atoms with Crippen molar-refractivity contribution in [1.29, 1.82) is 0 Å². The van der Waals surface area contributed by atoms with Crippen LogP contribution in [-0.2, 0) is 10.0 Å². The normalized spacial score (nSPS) is 19.0. The van der Waals surface area contributed by atoms with Gasteiger partial charge in [0.2, 0.25) is 10.0 Å². The Bertz CT molecular complexity index is 908. The first-order valence-electron chi connectivity index (χ1n) is 9.62. The second kappa shape index (κ2) is 8.23. The number of halogens is 1. The van der Waals surface area contributed by atoms with Gasteiger partial charge in [-0.1, -0.05) is 11.6 Å². The number of sulfonamides is 1. The van der Waals surface area contributed by atoms with Crippen molar-refractivity contribution in [2.45, 2.75) is 24.2 Å². The van der Waals surface area contributed by atoms with Crippen LogP contribution in [0.2, 0.25) is 5.02 Å². The van der Waals surface area contributed by atoms with Crippen LogP contribution in [0.4, 0.5) is 11.6 Å². The molecular formula is C19H24ClN5O2S. The Hall–Kier alpha value is -1.90. The minimum atomic E-state index is -3.50. The molecule has 2 saturated heterocycles. The van der Waals surface area contributed by atoms with Crippen molar-refractivity contribution in [3.63, 3.8) is 0 Å². The number of benzene rings is 1. The zero-order valence-electron chi connectivity index (χ0n) is 15.7. The molecule has 7 nitrogen and oxygen atoms in total. The van der Waals surface area contributed by atoms with Gasteiger partial charge in [0.15, 0.2) is 0 Å². The molecule has 0 aliphatic carbocycles. The van der Waals surface area contributed by atoms with E-state index in [4.69, 9.17) is 11.6 Å². The average molecular weight is 422 g/mol. The molecule has 0 amide bonds. The predicted molar refractivity (Wildman–Crippen MR) is 111 cm³/mol. The molecule has 1 aromatic carbocycles. The molecule has 2 aliphatic rings. The summed E-state index contributed by atoms with van der Waals surface area (Å²) in [5.74, 6) is 1.82. The maximum Gasteiger partial charge on any atom is 0.243 e. The van der Waals surface area contributed by atoms with Crippen molar-refractivity contribution in [3.8, 4) is 0 Å². The molecule has 0 spiro atoms. The smallest absolute Gasteiger partial charge is 0.243 e. The molecule has 9 heteroatoms. The standard InChI is InChI=1S/C19H24ClN5O2S/c20-16-4-6-17(7-5-16)28(26,27)25-12-10-24(11-13-25)19-14-18(21-15-22-19)23-8-2-1-3-9-23/h4-7,14-15H,1-3,8-13H2. The first-order chi connectivity index (χ1) is 13.5. The average Bonchev–Trinajstić information content (AvgIpc) is 2.75. The van der Waals surface area contributed by atoms with E-state index >= 15 is 0 Å². The Morgan fingerprint density at radius 2 is 1.36 bits per heavy atom. The highest BCUT2D eigenvalue weighted by Crippen LogP contribution is 2.24. The molecule has 4 rings (SSSR count). The number of hydrogen-bond donors (Lipinski definition) is 0. The van der Waals surface area contributed by atoms with Gasteiger partial charge < -0.3 is 9.80 Å². The van der Waals surface area contributed by atoms with E-state index in [0.29, 0.717) is 31.2 Å². The summed E-state index contributed by atoms with van der Waals surface area (Å²) < 4.78 is 27.2. The lowest BCUT2D eigenvalue weighted by molar-refractivity contribution is 0.383. The van der Waals surface area contributed by atoms with E-state index in [1.165, 1.54) is 23.6 Å². The van der Waals surface area contributed by atoms with Gasteiger partial charge in [-0.3, -0.25) is 0 Å². The van der Waals surface area contributed by atoms with Gasteiger partial charge in [0.25, 0.3) is 0 Å². The van der Waals surface area contributed by atoms with E-state index in [9.17, 15) is 8.42 Å². The maximum absolute atomic E-state index is 12.8. The van der Waals surface area contributed by atoms with Crippen LogP contribution < -0.4 is 9.80 Å². The molecule has 0 atom stereocenters. The van der Waals surface area contributed by atoms with Crippen molar-refractivity contribution in [3.05, 3.63) is 41.7 Å². The topological polar surface area (TPSA) is 69.6 Å². The van der Waals surface area contributed by atoms with E-state index in [2.05, 4.69) is 19.8 Å². The van der Waals surface area contributed by atoms with Crippen LogP contribution in [0, 0.1) is 0 Å². The molecule has 0 bridgehead atoms. The fraction of sp³-hybridized carbons (Fsp3) is 0.474. The van der Waals surface area contributed by atoms with Gasteiger partial charge in [0.05, 0.1) is 4.90 Å². The molecule has 1 aromatic heterocycles. The first-order valence-corrected chi connectivity index (χ1v) is 11.4. The molecule has 0 saturated carbocycles. The van der Waals surface area contributed by atoms with Crippen LogP contribution in [-0.4, -0.2) is 62.0 Å². The molecule has 2 fully saturated rings. The molecule has 2 aromatic rings. The highest BCUT2D eigenvalue weighted by atomic mass is 35.5. The lowest BCUT2D eigenvalue weighted by Gasteiger charge is -2.35. The van der Waals surface area contributed by atoms with E-state index in [-0.39, 0.29) is 4.90 Å². The van der Waals surface area contributed by atoms with Gasteiger partial charge in [-0.05, 0) is 43.5 Å². The van der Waals surface area contributed by atoms with E-state index in [0.717, 1.165) is 24.7 Å². The minimum Gasteiger partial charge on any atom is -0.356 e. The fourth-order valence-corrected chi connectivity index (χ4v) is 5.27. The number of piperidine rings is 1. The molecule has 2 aliphatic heterocycles. The van der Waals surface area contributed by atoms with Crippen LogP contribution in [0.3, 0.4) is 0 Å². The van der Waals surface area contributed by atoms with Crippen molar-refractivity contribution in [2.24, 2.45) is 0 Å². The van der Waals surface area contributed by atoms with E-state index in [1.807, 2.05) is 6.07 Å². The summed E-state index contributed by atoms with van der Waals surface area (Å²) in [4.78, 5) is 13.6. The third-order valence-corrected chi connectivity index (χ3v) is 7.50. The number of piperazine rings is 1. The number of nitrogens with zero attached hydrogens (tertiary/aromatic N) is 5. The molecule has 150 valence electrons. The fourth-order valence-electron chi connectivity index (χ4n) is 3.72. The van der Waals surface area contributed by atoms with E-state index < -0.39 is 10.0 Å². The zero-order chi connectivity index (χ0) is 19.6. The summed E-state index contributed by atoms with van der Waals surface area (Å²) in [6.07, 6.45) is 5.27. The van der Waals surface area contributed by atoms with Crippen molar-refractivity contribution < 1.29 is 8.42 Å². The van der Waals surface area contributed by atoms with Crippen LogP contribution in [0.15, 0.2) is 41.6 Å². The number of hydrogen-bond acceptors (Lipinski definition) is 6. The SMILES string of the molecule is O=S(=O)(c1ccc(Cl)cc1)N1CCN(c2cc(N3CCCCC3)ncn2)CC1. The lowest BCUT2D eigenvalue weighted by Crippen LogP contribution is -2.49. The van der Waals surface area contributed by atoms with Gasteiger partial charge in [-0.2, -0.15) is 4.31 Å². The number of aromatic nitrogens is 2. The molecule has 0 unspecified atom stereocenters. The van der Waals surface area contributed by atoms with Gasteiger partial charge >= 0.3 is 0 Å². The number of anilines is 2. The van der Waals surface area contributed by atoms with Gasteiger partial charge in [-0.25, -0.2) is 18.4 Å². The number of rotatable bonds is 4.